The van der Waals surface area contributed by atoms with Gasteiger partial charge in [0.25, 0.3) is 0 Å². The highest BCUT2D eigenvalue weighted by atomic mass is 16.5. The van der Waals surface area contributed by atoms with E-state index < -0.39 is 5.97 Å². The molecule has 1 fully saturated rings. The lowest BCUT2D eigenvalue weighted by molar-refractivity contribution is -0.0684. The Morgan fingerprint density at radius 3 is 2.48 bits per heavy atom. The second kappa shape index (κ2) is 8.03. The van der Waals surface area contributed by atoms with E-state index in [2.05, 4.69) is 12.1 Å². The van der Waals surface area contributed by atoms with Gasteiger partial charge in [0.15, 0.2) is 0 Å². The molecule has 3 rings (SSSR count). The molecule has 25 heavy (non-hydrogen) atoms. The fourth-order valence-electron chi connectivity index (χ4n) is 2.75. The second-order valence-corrected chi connectivity index (χ2v) is 5.98. The van der Waals surface area contributed by atoms with Gasteiger partial charge in [-0.05, 0) is 17.7 Å². The molecular weight excluding hydrogens is 320 g/mol. The molecule has 0 bridgehead atoms. The van der Waals surface area contributed by atoms with E-state index >= 15 is 0 Å². The normalized spacial score (nSPS) is 19.0. The monoisotopic (exact) mass is 342 g/mol. The molecule has 0 aromatic heterocycles. The number of ether oxygens (including phenoxy) is 4. The summed E-state index contributed by atoms with van der Waals surface area (Å²) in [7, 11) is 2.86. The molecule has 0 aliphatic heterocycles. The van der Waals surface area contributed by atoms with E-state index in [1.807, 2.05) is 18.2 Å². The molecule has 0 unspecified atom stereocenters. The van der Waals surface area contributed by atoms with Crippen molar-refractivity contribution in [3.05, 3.63) is 59.7 Å². The van der Waals surface area contributed by atoms with Crippen LogP contribution in [0.4, 0.5) is 0 Å². The van der Waals surface area contributed by atoms with E-state index in [1.165, 1.54) is 19.8 Å². The van der Waals surface area contributed by atoms with Crippen molar-refractivity contribution >= 4 is 5.97 Å². The Balaban J connectivity index is 1.49. The first-order chi connectivity index (χ1) is 12.2. The highest BCUT2D eigenvalue weighted by molar-refractivity contribution is 5.92. The van der Waals surface area contributed by atoms with Crippen LogP contribution in [-0.4, -0.2) is 32.4 Å². The van der Waals surface area contributed by atoms with Gasteiger partial charge in [-0.15, -0.1) is 0 Å². The minimum atomic E-state index is -0.429. The predicted octanol–water partition coefficient (Wildman–Crippen LogP) is 3.61. The lowest BCUT2D eigenvalue weighted by Crippen LogP contribution is -2.39. The molecule has 5 heteroatoms. The van der Waals surface area contributed by atoms with Crippen LogP contribution in [0.25, 0.3) is 0 Å². The molecule has 5 nitrogen and oxygen atoms in total. The number of hydrogen-bond donors (Lipinski definition) is 0. The minimum Gasteiger partial charge on any atom is -0.496 e. The molecule has 0 heterocycles. The van der Waals surface area contributed by atoms with Crippen LogP contribution in [0.3, 0.4) is 0 Å². The summed E-state index contributed by atoms with van der Waals surface area (Å²) in [6.07, 6.45) is 2.05. The Morgan fingerprint density at radius 2 is 1.80 bits per heavy atom. The lowest BCUT2D eigenvalue weighted by Gasteiger charge is -2.35. The summed E-state index contributed by atoms with van der Waals surface area (Å²) in [5.74, 6) is 0.693. The SMILES string of the molecule is COC(=O)c1ccc(O[C@H]2C[C@@H](OCc3ccccc3)C2)cc1OC. The first-order valence-electron chi connectivity index (χ1n) is 8.28. The van der Waals surface area contributed by atoms with Gasteiger partial charge >= 0.3 is 5.97 Å². The number of methoxy groups -OCH3 is 2. The largest absolute Gasteiger partial charge is 0.496 e. The predicted molar refractivity (Wildman–Crippen MR) is 93.0 cm³/mol. The zero-order chi connectivity index (χ0) is 17.6. The van der Waals surface area contributed by atoms with Crippen LogP contribution < -0.4 is 9.47 Å². The fourth-order valence-corrected chi connectivity index (χ4v) is 2.75. The standard InChI is InChI=1S/C20H22O5/c1-22-19-12-15(8-9-18(19)20(21)23-2)25-17-10-16(11-17)24-13-14-6-4-3-5-7-14/h3-9,12,16-17H,10-11,13H2,1-2H3/t16-,17+. The van der Waals surface area contributed by atoms with E-state index in [9.17, 15) is 4.79 Å². The number of carbonyl (C=O) groups excluding carboxylic acids is 1. The van der Waals surface area contributed by atoms with Gasteiger partial charge in [0.05, 0.1) is 26.9 Å². The van der Waals surface area contributed by atoms with Gasteiger partial charge in [-0.3, -0.25) is 0 Å². The number of rotatable bonds is 7. The van der Waals surface area contributed by atoms with Crippen molar-refractivity contribution in [1.29, 1.82) is 0 Å². The Morgan fingerprint density at radius 1 is 1.04 bits per heavy atom. The fraction of sp³-hybridized carbons (Fsp3) is 0.350. The summed E-state index contributed by atoms with van der Waals surface area (Å²) in [6, 6.07) is 15.3. The van der Waals surface area contributed by atoms with Crippen LogP contribution >= 0.6 is 0 Å². The van der Waals surface area contributed by atoms with Crippen molar-refractivity contribution in [2.24, 2.45) is 0 Å². The third-order valence-electron chi connectivity index (χ3n) is 4.26. The number of benzene rings is 2. The second-order valence-electron chi connectivity index (χ2n) is 5.98. The first kappa shape index (κ1) is 17.3. The highest BCUT2D eigenvalue weighted by Gasteiger charge is 2.32. The molecule has 0 spiro atoms. The third-order valence-corrected chi connectivity index (χ3v) is 4.26. The molecule has 0 radical (unpaired) electrons. The van der Waals surface area contributed by atoms with Crippen LogP contribution in [-0.2, 0) is 16.1 Å². The highest BCUT2D eigenvalue weighted by Crippen LogP contribution is 2.32. The van der Waals surface area contributed by atoms with Gasteiger partial charge in [0.1, 0.15) is 23.2 Å². The molecule has 2 aromatic carbocycles. The topological polar surface area (TPSA) is 54.0 Å². The molecule has 2 aromatic rings. The van der Waals surface area contributed by atoms with E-state index in [1.54, 1.807) is 18.2 Å². The van der Waals surface area contributed by atoms with Crippen molar-refractivity contribution in [3.63, 3.8) is 0 Å². The number of esters is 1. The Hall–Kier alpha value is -2.53. The van der Waals surface area contributed by atoms with Crippen LogP contribution in [0.15, 0.2) is 48.5 Å². The van der Waals surface area contributed by atoms with Gasteiger partial charge in [0.2, 0.25) is 0 Å². The summed E-state index contributed by atoms with van der Waals surface area (Å²) >= 11 is 0. The van der Waals surface area contributed by atoms with Crippen molar-refractivity contribution in [3.8, 4) is 11.5 Å². The molecule has 0 saturated heterocycles. The molecule has 1 aliphatic rings. The molecular formula is C20H22O5. The van der Waals surface area contributed by atoms with Crippen molar-refractivity contribution in [2.45, 2.75) is 31.7 Å². The van der Waals surface area contributed by atoms with Gasteiger partial charge in [0, 0.05) is 18.9 Å². The number of carbonyl (C=O) groups is 1. The maximum atomic E-state index is 11.7. The van der Waals surface area contributed by atoms with Crippen molar-refractivity contribution in [1.82, 2.24) is 0 Å². The Labute approximate surface area is 147 Å². The molecule has 132 valence electrons. The molecule has 1 aliphatic carbocycles. The zero-order valence-electron chi connectivity index (χ0n) is 14.4. The van der Waals surface area contributed by atoms with E-state index in [0.29, 0.717) is 23.7 Å². The van der Waals surface area contributed by atoms with Crippen LogP contribution in [0.1, 0.15) is 28.8 Å². The van der Waals surface area contributed by atoms with Crippen molar-refractivity contribution in [2.75, 3.05) is 14.2 Å². The summed E-state index contributed by atoms with van der Waals surface area (Å²) in [4.78, 5) is 11.7. The minimum absolute atomic E-state index is 0.120. The Bertz CT molecular complexity index is 707. The quantitative estimate of drug-likeness (QED) is 0.720. The van der Waals surface area contributed by atoms with Gasteiger partial charge in [-0.1, -0.05) is 30.3 Å². The molecule has 1 saturated carbocycles. The zero-order valence-corrected chi connectivity index (χ0v) is 14.4. The maximum absolute atomic E-state index is 11.7. The molecule has 0 N–H and O–H groups in total. The number of hydrogen-bond acceptors (Lipinski definition) is 5. The van der Waals surface area contributed by atoms with E-state index in [-0.39, 0.29) is 12.2 Å². The first-order valence-corrected chi connectivity index (χ1v) is 8.28. The molecule has 0 atom stereocenters. The summed E-state index contributed by atoms with van der Waals surface area (Å²) in [5.41, 5.74) is 1.56. The van der Waals surface area contributed by atoms with Crippen LogP contribution in [0.2, 0.25) is 0 Å². The van der Waals surface area contributed by atoms with Gasteiger partial charge in [-0.25, -0.2) is 4.79 Å². The van der Waals surface area contributed by atoms with Crippen LogP contribution in [0, 0.1) is 0 Å². The van der Waals surface area contributed by atoms with Gasteiger partial charge in [-0.2, -0.15) is 0 Å². The van der Waals surface area contributed by atoms with E-state index in [4.69, 9.17) is 18.9 Å². The van der Waals surface area contributed by atoms with Crippen molar-refractivity contribution < 1.29 is 23.7 Å². The summed E-state index contributed by atoms with van der Waals surface area (Å²) < 4.78 is 21.8. The summed E-state index contributed by atoms with van der Waals surface area (Å²) in [6.45, 7) is 0.625. The Kier molecular flexibility index (Phi) is 5.56. The summed E-state index contributed by atoms with van der Waals surface area (Å²) in [5, 5.41) is 0. The maximum Gasteiger partial charge on any atom is 0.341 e. The average molecular weight is 342 g/mol. The van der Waals surface area contributed by atoms with Gasteiger partial charge < -0.3 is 18.9 Å². The smallest absolute Gasteiger partial charge is 0.341 e. The lowest BCUT2D eigenvalue weighted by atomic mass is 9.92. The molecule has 0 amide bonds. The van der Waals surface area contributed by atoms with Crippen LogP contribution in [0.5, 0.6) is 11.5 Å². The third kappa shape index (κ3) is 4.31. The average Bonchev–Trinajstić information content (AvgIpc) is 2.63. The van der Waals surface area contributed by atoms with E-state index in [0.717, 1.165) is 12.8 Å².